The molecule has 4 nitrogen and oxygen atoms in total. The van der Waals surface area contributed by atoms with Crippen LogP contribution in [0.3, 0.4) is 0 Å². The highest BCUT2D eigenvalue weighted by atomic mass is 19.1. The van der Waals surface area contributed by atoms with Crippen molar-refractivity contribution in [2.24, 2.45) is 5.73 Å². The Morgan fingerprint density at radius 1 is 1.45 bits per heavy atom. The predicted octanol–water partition coefficient (Wildman–Crippen LogP) is 2.38. The maximum absolute atomic E-state index is 13.9. The Hall–Kier alpha value is -1.88. The minimum Gasteiger partial charge on any atom is -0.489 e. The molecule has 0 bridgehead atoms. The molecule has 0 aliphatic rings. The van der Waals surface area contributed by atoms with Gasteiger partial charge in [0.2, 0.25) is 0 Å². The molecule has 0 amide bonds. The number of nitrogens with zero attached hydrogens (tertiary/aromatic N) is 2. The van der Waals surface area contributed by atoms with Crippen LogP contribution in [0.5, 0.6) is 5.75 Å². The molecule has 0 aliphatic carbocycles. The van der Waals surface area contributed by atoms with Crippen molar-refractivity contribution >= 4 is 0 Å². The molecule has 0 saturated carbocycles. The van der Waals surface area contributed by atoms with Crippen molar-refractivity contribution in [2.75, 3.05) is 6.61 Å². The van der Waals surface area contributed by atoms with Crippen molar-refractivity contribution in [3.05, 3.63) is 48.3 Å². The average molecular weight is 277 g/mol. The summed E-state index contributed by atoms with van der Waals surface area (Å²) >= 11 is 0. The van der Waals surface area contributed by atoms with Crippen LogP contribution in [0.25, 0.3) is 0 Å². The third-order valence-electron chi connectivity index (χ3n) is 3.18. The van der Waals surface area contributed by atoms with Gasteiger partial charge in [-0.3, -0.25) is 0 Å². The topological polar surface area (TPSA) is 53.1 Å². The van der Waals surface area contributed by atoms with E-state index in [2.05, 4.69) is 4.98 Å². The first kappa shape index (κ1) is 14.5. The zero-order chi connectivity index (χ0) is 14.4. The molecule has 5 heteroatoms. The number of rotatable bonds is 7. The summed E-state index contributed by atoms with van der Waals surface area (Å²) in [6.45, 7) is 3.07. The fourth-order valence-corrected chi connectivity index (χ4v) is 1.92. The molecule has 0 radical (unpaired) electrons. The van der Waals surface area contributed by atoms with Crippen LogP contribution in [0.2, 0.25) is 0 Å². The van der Waals surface area contributed by atoms with Gasteiger partial charge in [-0.25, -0.2) is 9.37 Å². The van der Waals surface area contributed by atoms with Crippen molar-refractivity contribution in [3.8, 4) is 5.75 Å². The van der Waals surface area contributed by atoms with Crippen molar-refractivity contribution in [3.63, 3.8) is 0 Å². The monoisotopic (exact) mass is 277 g/mol. The van der Waals surface area contributed by atoms with E-state index < -0.39 is 0 Å². The van der Waals surface area contributed by atoms with E-state index in [-0.39, 0.29) is 17.6 Å². The third-order valence-corrected chi connectivity index (χ3v) is 3.18. The number of benzene rings is 1. The van der Waals surface area contributed by atoms with E-state index >= 15 is 0 Å². The molecule has 0 fully saturated rings. The number of imidazole rings is 1. The summed E-state index contributed by atoms with van der Waals surface area (Å²) in [7, 11) is 0. The van der Waals surface area contributed by atoms with E-state index in [0.717, 1.165) is 12.0 Å². The van der Waals surface area contributed by atoms with Gasteiger partial charge in [0.15, 0.2) is 11.6 Å². The van der Waals surface area contributed by atoms with Crippen LogP contribution in [-0.2, 0) is 13.0 Å². The van der Waals surface area contributed by atoms with Crippen LogP contribution in [0.4, 0.5) is 4.39 Å². The molecular weight excluding hydrogens is 257 g/mol. The van der Waals surface area contributed by atoms with Gasteiger partial charge in [-0.15, -0.1) is 0 Å². The normalized spacial score (nSPS) is 12.3. The second-order valence-corrected chi connectivity index (χ2v) is 4.79. The van der Waals surface area contributed by atoms with Crippen LogP contribution < -0.4 is 10.5 Å². The first-order valence-electron chi connectivity index (χ1n) is 6.81. The number of ether oxygens (including phenoxy) is 1. The Bertz CT molecular complexity index is 528. The van der Waals surface area contributed by atoms with Gasteiger partial charge < -0.3 is 15.0 Å². The summed E-state index contributed by atoms with van der Waals surface area (Å²) in [6.07, 6.45) is 6.81. The summed E-state index contributed by atoms with van der Waals surface area (Å²) in [4.78, 5) is 3.93. The van der Waals surface area contributed by atoms with E-state index in [4.69, 9.17) is 10.5 Å². The van der Waals surface area contributed by atoms with Crippen molar-refractivity contribution in [1.29, 1.82) is 0 Å². The van der Waals surface area contributed by atoms with Gasteiger partial charge in [-0.1, -0.05) is 13.0 Å². The quantitative estimate of drug-likeness (QED) is 0.845. The van der Waals surface area contributed by atoms with E-state index in [9.17, 15) is 4.39 Å². The van der Waals surface area contributed by atoms with Gasteiger partial charge in [-0.05, 0) is 30.5 Å². The minimum atomic E-state index is -0.337. The van der Waals surface area contributed by atoms with Crippen molar-refractivity contribution in [2.45, 2.75) is 32.4 Å². The first-order chi connectivity index (χ1) is 9.69. The largest absolute Gasteiger partial charge is 0.489 e. The molecule has 1 aromatic heterocycles. The van der Waals surface area contributed by atoms with E-state index in [0.29, 0.717) is 19.6 Å². The van der Waals surface area contributed by atoms with E-state index in [1.165, 1.54) is 6.07 Å². The van der Waals surface area contributed by atoms with Crippen LogP contribution in [0.15, 0.2) is 36.9 Å². The van der Waals surface area contributed by atoms with Gasteiger partial charge in [0.1, 0.15) is 6.61 Å². The van der Waals surface area contributed by atoms with Crippen LogP contribution >= 0.6 is 0 Å². The molecule has 108 valence electrons. The molecule has 0 aliphatic heterocycles. The average Bonchev–Trinajstić information content (AvgIpc) is 2.94. The van der Waals surface area contributed by atoms with Crippen molar-refractivity contribution in [1.82, 2.24) is 9.55 Å². The molecule has 1 aromatic carbocycles. The molecular formula is C15H20FN3O. The Morgan fingerprint density at radius 3 is 2.95 bits per heavy atom. The zero-order valence-electron chi connectivity index (χ0n) is 11.6. The minimum absolute atomic E-state index is 0.0717. The third kappa shape index (κ3) is 4.06. The summed E-state index contributed by atoms with van der Waals surface area (Å²) in [6, 6.07) is 5.11. The Balaban J connectivity index is 1.88. The Labute approximate surface area is 118 Å². The van der Waals surface area contributed by atoms with Crippen molar-refractivity contribution < 1.29 is 9.13 Å². The van der Waals surface area contributed by atoms with Crippen LogP contribution in [0, 0.1) is 5.82 Å². The van der Waals surface area contributed by atoms with Gasteiger partial charge in [0.05, 0.1) is 12.9 Å². The van der Waals surface area contributed by atoms with Crippen LogP contribution in [-0.4, -0.2) is 22.2 Å². The molecule has 1 atom stereocenters. The molecule has 20 heavy (non-hydrogen) atoms. The molecule has 2 aromatic rings. The zero-order valence-corrected chi connectivity index (χ0v) is 11.6. The Morgan fingerprint density at radius 2 is 2.30 bits per heavy atom. The highest BCUT2D eigenvalue weighted by Crippen LogP contribution is 2.19. The standard InChI is InChI=1S/C15H20FN3O/c1-2-13(17)9-12-3-4-15(14(16)10-12)20-8-7-19-6-5-18-11-19/h3-6,10-11,13H,2,7-9,17H2,1H3. The lowest BCUT2D eigenvalue weighted by atomic mass is 10.0. The summed E-state index contributed by atoms with van der Waals surface area (Å²) in [5.74, 6) is -0.0598. The Kier molecular flexibility index (Phi) is 5.12. The smallest absolute Gasteiger partial charge is 0.165 e. The summed E-state index contributed by atoms with van der Waals surface area (Å²) in [5.41, 5.74) is 6.77. The molecule has 0 saturated heterocycles. The molecule has 2 N–H and O–H groups in total. The molecule has 2 rings (SSSR count). The second kappa shape index (κ2) is 7.05. The molecule has 1 unspecified atom stereocenters. The molecule has 0 spiro atoms. The number of hydrogen-bond donors (Lipinski definition) is 1. The number of aromatic nitrogens is 2. The van der Waals surface area contributed by atoms with E-state index in [1.807, 2.05) is 23.8 Å². The number of hydrogen-bond acceptors (Lipinski definition) is 3. The lowest BCUT2D eigenvalue weighted by molar-refractivity contribution is 0.284. The summed E-state index contributed by atoms with van der Waals surface area (Å²) < 4.78 is 21.2. The number of halogens is 1. The maximum atomic E-state index is 13.9. The fourth-order valence-electron chi connectivity index (χ4n) is 1.92. The molecule has 1 heterocycles. The fraction of sp³-hybridized carbons (Fsp3) is 0.400. The second-order valence-electron chi connectivity index (χ2n) is 4.79. The highest BCUT2D eigenvalue weighted by Gasteiger charge is 2.07. The van der Waals surface area contributed by atoms with Gasteiger partial charge in [-0.2, -0.15) is 0 Å². The lowest BCUT2D eigenvalue weighted by Crippen LogP contribution is -2.21. The SMILES string of the molecule is CCC(N)Cc1ccc(OCCn2ccnc2)c(F)c1. The summed E-state index contributed by atoms with van der Waals surface area (Å²) in [5, 5.41) is 0. The van der Waals surface area contributed by atoms with Gasteiger partial charge >= 0.3 is 0 Å². The van der Waals surface area contributed by atoms with E-state index in [1.54, 1.807) is 18.6 Å². The van der Waals surface area contributed by atoms with Gasteiger partial charge in [0.25, 0.3) is 0 Å². The number of nitrogens with two attached hydrogens (primary N) is 1. The first-order valence-corrected chi connectivity index (χ1v) is 6.81. The predicted molar refractivity (Wildman–Crippen MR) is 76.1 cm³/mol. The van der Waals surface area contributed by atoms with Gasteiger partial charge in [0, 0.05) is 18.4 Å². The highest BCUT2D eigenvalue weighted by molar-refractivity contribution is 5.29. The maximum Gasteiger partial charge on any atom is 0.165 e. The van der Waals surface area contributed by atoms with Crippen LogP contribution in [0.1, 0.15) is 18.9 Å². The lowest BCUT2D eigenvalue weighted by Gasteiger charge is -2.11.